The third kappa shape index (κ3) is 5.09. The van der Waals surface area contributed by atoms with Crippen LogP contribution in [0.25, 0.3) is 0 Å². The molecular formula is C14H24N2O4S. The monoisotopic (exact) mass is 316 g/mol. The Morgan fingerprint density at radius 3 is 2.48 bits per heavy atom. The van der Waals surface area contributed by atoms with Gasteiger partial charge in [0.25, 0.3) is 0 Å². The fraction of sp³-hybridized carbons (Fsp3) is 0.643. The number of carbonyl (C=O) groups excluding carboxylic acids is 1. The van der Waals surface area contributed by atoms with Gasteiger partial charge < -0.3 is 25.3 Å². The first kappa shape index (κ1) is 17.6. The summed E-state index contributed by atoms with van der Waals surface area (Å²) in [5, 5.41) is 3.91. The van der Waals surface area contributed by atoms with Crippen LogP contribution in [0.5, 0.6) is 5.75 Å². The SMILES string of the molecule is COC(=O)c1sc(NCCOC(C)C)c(OC(C)C)c1N. The van der Waals surface area contributed by atoms with Crippen LogP contribution < -0.4 is 15.8 Å². The molecule has 0 aromatic carbocycles. The van der Waals surface area contributed by atoms with Crippen LogP contribution in [0.3, 0.4) is 0 Å². The van der Waals surface area contributed by atoms with Gasteiger partial charge in [-0.3, -0.25) is 0 Å². The van der Waals surface area contributed by atoms with E-state index in [9.17, 15) is 4.79 Å². The Morgan fingerprint density at radius 1 is 1.29 bits per heavy atom. The van der Waals surface area contributed by atoms with E-state index >= 15 is 0 Å². The van der Waals surface area contributed by atoms with E-state index in [1.165, 1.54) is 18.4 Å². The predicted octanol–water partition coefficient (Wildman–Crippen LogP) is 2.74. The van der Waals surface area contributed by atoms with E-state index in [1.807, 2.05) is 27.7 Å². The van der Waals surface area contributed by atoms with Gasteiger partial charge in [-0.15, -0.1) is 11.3 Å². The molecule has 0 bridgehead atoms. The van der Waals surface area contributed by atoms with Gasteiger partial charge in [0.05, 0.1) is 25.9 Å². The molecule has 0 radical (unpaired) electrons. The van der Waals surface area contributed by atoms with Gasteiger partial charge in [0.15, 0.2) is 5.75 Å². The zero-order valence-corrected chi connectivity index (χ0v) is 14.0. The Bertz CT molecular complexity index is 472. The summed E-state index contributed by atoms with van der Waals surface area (Å²) in [6.45, 7) is 8.93. The lowest BCUT2D eigenvalue weighted by molar-refractivity contribution is 0.0607. The van der Waals surface area contributed by atoms with Crippen molar-refractivity contribution < 1.29 is 19.0 Å². The normalized spacial score (nSPS) is 11.0. The van der Waals surface area contributed by atoms with Crippen LogP contribution in [0.2, 0.25) is 0 Å². The number of hydrogen-bond acceptors (Lipinski definition) is 7. The highest BCUT2D eigenvalue weighted by Gasteiger charge is 2.23. The number of nitrogens with two attached hydrogens (primary N) is 1. The maximum Gasteiger partial charge on any atom is 0.350 e. The second-order valence-corrected chi connectivity index (χ2v) is 6.03. The predicted molar refractivity (Wildman–Crippen MR) is 85.4 cm³/mol. The van der Waals surface area contributed by atoms with Crippen molar-refractivity contribution in [3.05, 3.63) is 4.88 Å². The molecule has 0 fully saturated rings. The summed E-state index contributed by atoms with van der Waals surface area (Å²) in [4.78, 5) is 12.1. The number of methoxy groups -OCH3 is 1. The quantitative estimate of drug-likeness (QED) is 0.567. The maximum atomic E-state index is 11.7. The third-order valence-electron chi connectivity index (χ3n) is 2.46. The van der Waals surface area contributed by atoms with Crippen LogP contribution in [0.1, 0.15) is 37.4 Å². The number of rotatable bonds is 8. The van der Waals surface area contributed by atoms with Gasteiger partial charge in [-0.1, -0.05) is 0 Å². The standard InChI is InChI=1S/C14H24N2O4S/c1-8(2)19-7-6-16-13-11(20-9(3)4)10(15)12(21-13)14(17)18-5/h8-9,16H,6-7,15H2,1-5H3. The van der Waals surface area contributed by atoms with Crippen molar-refractivity contribution in [3.63, 3.8) is 0 Å². The van der Waals surface area contributed by atoms with Crippen molar-refractivity contribution in [1.29, 1.82) is 0 Å². The fourth-order valence-corrected chi connectivity index (χ4v) is 2.60. The molecular weight excluding hydrogens is 292 g/mol. The average Bonchev–Trinajstić information content (AvgIpc) is 2.71. The molecule has 0 atom stereocenters. The van der Waals surface area contributed by atoms with Gasteiger partial charge in [-0.2, -0.15) is 0 Å². The van der Waals surface area contributed by atoms with E-state index in [0.717, 1.165) is 0 Å². The summed E-state index contributed by atoms with van der Waals surface area (Å²) in [7, 11) is 1.33. The molecule has 1 aromatic rings. The third-order valence-corrected chi connectivity index (χ3v) is 3.59. The number of ether oxygens (including phenoxy) is 3. The molecule has 0 spiro atoms. The maximum absolute atomic E-state index is 11.7. The second-order valence-electron chi connectivity index (χ2n) is 5.01. The van der Waals surface area contributed by atoms with Crippen LogP contribution in [0.4, 0.5) is 10.7 Å². The number of esters is 1. The average molecular weight is 316 g/mol. The zero-order chi connectivity index (χ0) is 16.0. The van der Waals surface area contributed by atoms with Gasteiger partial charge in [0.1, 0.15) is 15.6 Å². The minimum absolute atomic E-state index is 0.0418. The lowest BCUT2D eigenvalue weighted by Gasteiger charge is -2.13. The smallest absolute Gasteiger partial charge is 0.350 e. The molecule has 3 N–H and O–H groups in total. The first-order chi connectivity index (χ1) is 9.86. The largest absolute Gasteiger partial charge is 0.486 e. The number of nitrogens with one attached hydrogen (secondary N) is 1. The number of hydrogen-bond donors (Lipinski definition) is 2. The Morgan fingerprint density at radius 2 is 1.95 bits per heavy atom. The number of carbonyl (C=O) groups is 1. The van der Waals surface area contributed by atoms with Crippen LogP contribution >= 0.6 is 11.3 Å². The van der Waals surface area contributed by atoms with Crippen molar-refractivity contribution in [1.82, 2.24) is 0 Å². The summed E-state index contributed by atoms with van der Waals surface area (Å²) in [5.41, 5.74) is 6.31. The fourth-order valence-electron chi connectivity index (χ4n) is 1.60. The molecule has 0 aliphatic rings. The van der Waals surface area contributed by atoms with Crippen molar-refractivity contribution in [3.8, 4) is 5.75 Å². The van der Waals surface area contributed by atoms with Crippen LogP contribution in [-0.4, -0.2) is 38.4 Å². The van der Waals surface area contributed by atoms with Gasteiger partial charge >= 0.3 is 5.97 Å². The van der Waals surface area contributed by atoms with Crippen molar-refractivity contribution >= 4 is 28.0 Å². The molecule has 1 aromatic heterocycles. The molecule has 0 saturated carbocycles. The molecule has 0 saturated heterocycles. The number of thiophene rings is 1. The van der Waals surface area contributed by atoms with Gasteiger partial charge in [0, 0.05) is 6.54 Å². The van der Waals surface area contributed by atoms with Crippen LogP contribution in [-0.2, 0) is 9.47 Å². The first-order valence-electron chi connectivity index (χ1n) is 6.89. The van der Waals surface area contributed by atoms with Crippen LogP contribution in [0, 0.1) is 0 Å². The van der Waals surface area contributed by atoms with Gasteiger partial charge in [-0.05, 0) is 27.7 Å². The van der Waals surface area contributed by atoms with E-state index < -0.39 is 5.97 Å². The molecule has 0 unspecified atom stereocenters. The van der Waals surface area contributed by atoms with E-state index in [-0.39, 0.29) is 12.2 Å². The Balaban J connectivity index is 2.86. The van der Waals surface area contributed by atoms with Gasteiger partial charge in [-0.25, -0.2) is 4.79 Å². The molecule has 1 rings (SSSR count). The highest BCUT2D eigenvalue weighted by atomic mass is 32.1. The van der Waals surface area contributed by atoms with E-state index in [1.54, 1.807) is 0 Å². The number of anilines is 2. The summed E-state index contributed by atoms with van der Waals surface area (Å²) in [6, 6.07) is 0. The molecule has 0 amide bonds. The highest BCUT2D eigenvalue weighted by Crippen LogP contribution is 2.43. The molecule has 7 heteroatoms. The van der Waals surface area contributed by atoms with Gasteiger partial charge in [0.2, 0.25) is 0 Å². The lowest BCUT2D eigenvalue weighted by Crippen LogP contribution is -2.14. The highest BCUT2D eigenvalue weighted by molar-refractivity contribution is 7.19. The Labute approximate surface area is 129 Å². The molecule has 1 heterocycles. The van der Waals surface area contributed by atoms with E-state index in [0.29, 0.717) is 34.5 Å². The summed E-state index contributed by atoms with van der Waals surface area (Å²) in [6.07, 6.45) is 0.136. The Kier molecular flexibility index (Phi) is 6.77. The van der Waals surface area contributed by atoms with Crippen molar-refractivity contribution in [2.45, 2.75) is 39.9 Å². The zero-order valence-electron chi connectivity index (χ0n) is 13.2. The second kappa shape index (κ2) is 8.09. The van der Waals surface area contributed by atoms with Crippen LogP contribution in [0.15, 0.2) is 0 Å². The topological polar surface area (TPSA) is 82.8 Å². The minimum atomic E-state index is -0.461. The summed E-state index contributed by atoms with van der Waals surface area (Å²) < 4.78 is 15.9. The minimum Gasteiger partial charge on any atom is -0.486 e. The Hall–Kier alpha value is -1.47. The van der Waals surface area contributed by atoms with Crippen molar-refractivity contribution in [2.24, 2.45) is 0 Å². The first-order valence-corrected chi connectivity index (χ1v) is 7.71. The lowest BCUT2D eigenvalue weighted by atomic mass is 10.3. The van der Waals surface area contributed by atoms with E-state index in [2.05, 4.69) is 5.32 Å². The summed E-state index contributed by atoms with van der Waals surface area (Å²) >= 11 is 1.23. The molecule has 0 aliphatic heterocycles. The molecule has 120 valence electrons. The molecule has 0 aliphatic carbocycles. The van der Waals surface area contributed by atoms with Crippen molar-refractivity contribution in [2.75, 3.05) is 31.3 Å². The summed E-state index contributed by atoms with van der Waals surface area (Å²) in [5.74, 6) is 0.0394. The van der Waals surface area contributed by atoms with E-state index in [4.69, 9.17) is 19.9 Å². The molecule has 21 heavy (non-hydrogen) atoms. The number of nitrogen functional groups attached to an aromatic ring is 1. The molecule has 6 nitrogen and oxygen atoms in total.